The highest BCUT2D eigenvalue weighted by Gasteiger charge is 2.60. The first kappa shape index (κ1) is 32.5. The van der Waals surface area contributed by atoms with Gasteiger partial charge in [0.25, 0.3) is 0 Å². The molecule has 4 unspecified atom stereocenters. The number of aliphatic hydroxyl groups excluding tert-OH is 1. The van der Waals surface area contributed by atoms with Crippen LogP contribution >= 0.6 is 0 Å². The van der Waals surface area contributed by atoms with Gasteiger partial charge in [0.15, 0.2) is 0 Å². The van der Waals surface area contributed by atoms with Gasteiger partial charge in [-0.2, -0.15) is 0 Å². The van der Waals surface area contributed by atoms with Crippen molar-refractivity contribution in [1.82, 2.24) is 5.32 Å². The normalized spacial score (nSPS) is 39.3. The summed E-state index contributed by atoms with van der Waals surface area (Å²) in [6, 6.07) is 10.9. The standard InChI is InChI=1S/C37H58N2O2.BrH/c1-27(11-16-35(41)38-21-24-39(22-7-8-23-39)26-28-9-5-4-6-10-28)32-14-15-33-31-13-12-29-25-30(40)17-19-36(29,2)34(31)18-20-37(32,33)3;/h4-6,9-10,27,29-34,40H,7-8,11-26H2,1-3H3;1H/t27-,29?,30-,31?,32-,33?,34?,36+,37-;/m1./s1. The van der Waals surface area contributed by atoms with Gasteiger partial charge < -0.3 is 31.9 Å². The van der Waals surface area contributed by atoms with Crippen LogP contribution in [-0.2, 0) is 11.3 Å². The quantitative estimate of drug-likeness (QED) is 0.394. The molecule has 4 saturated carbocycles. The molecule has 4 nitrogen and oxygen atoms in total. The van der Waals surface area contributed by atoms with Gasteiger partial charge >= 0.3 is 0 Å². The minimum Gasteiger partial charge on any atom is -1.00 e. The van der Waals surface area contributed by atoms with Gasteiger partial charge in [-0.15, -0.1) is 0 Å². The predicted molar refractivity (Wildman–Crippen MR) is 167 cm³/mol. The molecule has 1 aromatic rings. The Morgan fingerprint density at radius 2 is 1.69 bits per heavy atom. The minimum absolute atomic E-state index is 0. The number of aliphatic hydroxyl groups is 1. The van der Waals surface area contributed by atoms with Crippen LogP contribution in [0.15, 0.2) is 30.3 Å². The molecule has 6 rings (SSSR count). The molecule has 1 aliphatic heterocycles. The molecule has 0 bridgehead atoms. The van der Waals surface area contributed by atoms with E-state index in [0.717, 1.165) is 73.0 Å². The summed E-state index contributed by atoms with van der Waals surface area (Å²) in [4.78, 5) is 13.0. The van der Waals surface area contributed by atoms with E-state index in [-0.39, 0.29) is 29.0 Å². The van der Waals surface area contributed by atoms with Crippen molar-refractivity contribution in [1.29, 1.82) is 0 Å². The third-order valence-corrected chi connectivity index (χ3v) is 14.0. The zero-order chi connectivity index (χ0) is 28.7. The van der Waals surface area contributed by atoms with Crippen molar-refractivity contribution in [2.24, 2.45) is 46.3 Å². The van der Waals surface area contributed by atoms with Gasteiger partial charge in [-0.1, -0.05) is 51.1 Å². The van der Waals surface area contributed by atoms with Crippen LogP contribution in [0, 0.1) is 46.3 Å². The van der Waals surface area contributed by atoms with E-state index >= 15 is 0 Å². The van der Waals surface area contributed by atoms with Gasteiger partial charge in [0.05, 0.1) is 32.3 Å². The van der Waals surface area contributed by atoms with Gasteiger partial charge in [-0.3, -0.25) is 4.79 Å². The molecular formula is C37H59BrN2O2. The number of fused-ring (bicyclic) bond motifs is 5. The summed E-state index contributed by atoms with van der Waals surface area (Å²) in [5, 5.41) is 13.7. The molecule has 4 aliphatic carbocycles. The third-order valence-electron chi connectivity index (χ3n) is 14.0. The third kappa shape index (κ3) is 6.27. The number of benzene rings is 1. The van der Waals surface area contributed by atoms with E-state index in [0.29, 0.717) is 23.2 Å². The predicted octanol–water partition coefficient (Wildman–Crippen LogP) is 4.35. The topological polar surface area (TPSA) is 49.3 Å². The molecule has 0 spiro atoms. The Hall–Kier alpha value is -0.910. The zero-order valence-corrected chi connectivity index (χ0v) is 28.4. The number of rotatable bonds is 9. The maximum atomic E-state index is 13.0. The lowest BCUT2D eigenvalue weighted by Gasteiger charge is -2.61. The first-order valence-electron chi connectivity index (χ1n) is 17.6. The highest BCUT2D eigenvalue weighted by Crippen LogP contribution is 2.68. The number of likely N-dealkylation sites (tertiary alicyclic amines) is 1. The van der Waals surface area contributed by atoms with E-state index in [1.165, 1.54) is 76.4 Å². The summed E-state index contributed by atoms with van der Waals surface area (Å²) in [5.74, 6) is 5.04. The van der Waals surface area contributed by atoms with Gasteiger partial charge in [0.2, 0.25) is 5.91 Å². The molecule has 1 heterocycles. The van der Waals surface area contributed by atoms with Gasteiger partial charge in [-0.25, -0.2) is 0 Å². The molecule has 236 valence electrons. The number of nitrogens with one attached hydrogen (secondary N) is 1. The van der Waals surface area contributed by atoms with Crippen LogP contribution in [0.5, 0.6) is 0 Å². The van der Waals surface area contributed by atoms with Crippen molar-refractivity contribution < 1.29 is 31.4 Å². The fourth-order valence-electron chi connectivity index (χ4n) is 11.7. The van der Waals surface area contributed by atoms with Crippen LogP contribution in [0.3, 0.4) is 0 Å². The lowest BCUT2D eigenvalue weighted by Crippen LogP contribution is -3.00. The Morgan fingerprint density at radius 3 is 2.45 bits per heavy atom. The lowest BCUT2D eigenvalue weighted by atomic mass is 9.44. The second-order valence-corrected chi connectivity index (χ2v) is 16.0. The first-order valence-corrected chi connectivity index (χ1v) is 17.6. The van der Waals surface area contributed by atoms with E-state index in [1.807, 2.05) is 0 Å². The highest BCUT2D eigenvalue weighted by atomic mass is 79.9. The summed E-state index contributed by atoms with van der Waals surface area (Å²) in [5.41, 5.74) is 2.34. The van der Waals surface area contributed by atoms with Crippen LogP contribution in [0.4, 0.5) is 0 Å². The molecule has 0 aromatic heterocycles. The van der Waals surface area contributed by atoms with Crippen LogP contribution in [0.2, 0.25) is 0 Å². The summed E-state index contributed by atoms with van der Waals surface area (Å²) in [7, 11) is 0. The van der Waals surface area contributed by atoms with Gasteiger partial charge in [0, 0.05) is 24.8 Å². The Labute approximate surface area is 267 Å². The van der Waals surface area contributed by atoms with E-state index in [4.69, 9.17) is 0 Å². The summed E-state index contributed by atoms with van der Waals surface area (Å²) < 4.78 is 1.13. The molecule has 5 aliphatic rings. The van der Waals surface area contributed by atoms with Crippen molar-refractivity contribution in [2.75, 3.05) is 26.2 Å². The second kappa shape index (κ2) is 13.2. The molecule has 2 N–H and O–H groups in total. The molecule has 1 saturated heterocycles. The highest BCUT2D eigenvalue weighted by molar-refractivity contribution is 5.75. The lowest BCUT2D eigenvalue weighted by molar-refractivity contribution is -0.928. The average Bonchev–Trinajstić information content (AvgIpc) is 3.57. The van der Waals surface area contributed by atoms with E-state index in [2.05, 4.69) is 56.4 Å². The summed E-state index contributed by atoms with van der Waals surface area (Å²) in [6.07, 6.45) is 15.9. The molecule has 9 atom stereocenters. The number of hydrogen-bond donors (Lipinski definition) is 2. The van der Waals surface area contributed by atoms with Crippen LogP contribution in [-0.4, -0.2) is 47.8 Å². The van der Waals surface area contributed by atoms with Crippen LogP contribution in [0.1, 0.15) is 110 Å². The SMILES string of the molecule is C[C@H](CCC(=O)NCC[N+]1(Cc2ccccc2)CCCC1)[C@H]1CCC2C3CCC4C[C@H](O)CC[C@]4(C)C3CC[C@@]21C.[Br-]. The average molecular weight is 644 g/mol. The van der Waals surface area contributed by atoms with E-state index < -0.39 is 0 Å². The van der Waals surface area contributed by atoms with Gasteiger partial charge in [0.1, 0.15) is 6.54 Å². The van der Waals surface area contributed by atoms with Crippen molar-refractivity contribution in [3.8, 4) is 0 Å². The van der Waals surface area contributed by atoms with E-state index in [1.54, 1.807) is 0 Å². The zero-order valence-electron chi connectivity index (χ0n) is 26.8. The van der Waals surface area contributed by atoms with Crippen molar-refractivity contribution in [2.45, 2.75) is 117 Å². The molecule has 1 amide bonds. The monoisotopic (exact) mass is 642 g/mol. The first-order chi connectivity index (χ1) is 19.7. The number of halogens is 1. The molecular weight excluding hydrogens is 584 g/mol. The fraction of sp³-hybridized carbons (Fsp3) is 0.811. The number of amides is 1. The van der Waals surface area contributed by atoms with Gasteiger partial charge in [-0.05, 0) is 111 Å². The number of carbonyl (C=O) groups excluding carboxylic acids is 1. The van der Waals surface area contributed by atoms with E-state index in [9.17, 15) is 9.90 Å². The summed E-state index contributed by atoms with van der Waals surface area (Å²) >= 11 is 0. The molecule has 42 heavy (non-hydrogen) atoms. The van der Waals surface area contributed by atoms with Crippen LogP contribution in [0.25, 0.3) is 0 Å². The fourth-order valence-corrected chi connectivity index (χ4v) is 11.7. The Kier molecular flexibility index (Phi) is 10.2. The number of hydrogen-bond acceptors (Lipinski definition) is 2. The maximum absolute atomic E-state index is 13.0. The number of carbonyl (C=O) groups is 1. The van der Waals surface area contributed by atoms with Crippen molar-refractivity contribution >= 4 is 5.91 Å². The smallest absolute Gasteiger partial charge is 0.220 e. The summed E-state index contributed by atoms with van der Waals surface area (Å²) in [6.45, 7) is 13.2. The van der Waals surface area contributed by atoms with Crippen LogP contribution < -0.4 is 22.3 Å². The molecule has 5 fully saturated rings. The molecule has 1 aromatic carbocycles. The van der Waals surface area contributed by atoms with Crippen molar-refractivity contribution in [3.05, 3.63) is 35.9 Å². The Morgan fingerprint density at radius 1 is 0.976 bits per heavy atom. The van der Waals surface area contributed by atoms with Crippen molar-refractivity contribution in [3.63, 3.8) is 0 Å². The largest absolute Gasteiger partial charge is 1.00 e. The molecule has 5 heteroatoms. The maximum Gasteiger partial charge on any atom is 0.220 e. The second-order valence-electron chi connectivity index (χ2n) is 16.0. The number of quaternary nitrogens is 1. The number of nitrogens with zero attached hydrogens (tertiary/aromatic N) is 1. The Bertz CT molecular complexity index is 1040. The minimum atomic E-state index is -0.0513. The molecule has 0 radical (unpaired) electrons. The Balaban J connectivity index is 0.00000353.